The molecule has 2 heterocycles. The number of rotatable bonds is 2. The third-order valence-electron chi connectivity index (χ3n) is 4.79. The van der Waals surface area contributed by atoms with Gasteiger partial charge in [0.05, 0.1) is 16.5 Å². The van der Waals surface area contributed by atoms with Gasteiger partial charge in [0.25, 0.3) is 5.56 Å². The van der Waals surface area contributed by atoms with Crippen LogP contribution in [0.3, 0.4) is 0 Å². The molecule has 0 aliphatic heterocycles. The molecule has 23 heavy (non-hydrogen) atoms. The standard InChI is InChI=1S/C19H17N3O/c20-10-14-11-21-19(23)17-16(13-6-2-1-3-7-13)12-22(18(14)17)15-8-4-5-9-15/h1-3,6-7,11-12,15H,4-5,8-9H2,(H,21,23). The second-order valence-electron chi connectivity index (χ2n) is 6.12. The first-order valence-corrected chi connectivity index (χ1v) is 8.01. The maximum atomic E-state index is 12.5. The Labute approximate surface area is 134 Å². The summed E-state index contributed by atoms with van der Waals surface area (Å²) in [6.45, 7) is 0. The predicted molar refractivity (Wildman–Crippen MR) is 90.2 cm³/mol. The number of benzene rings is 1. The van der Waals surface area contributed by atoms with Gasteiger partial charge in [0.2, 0.25) is 0 Å². The molecule has 1 aliphatic rings. The third kappa shape index (κ3) is 2.17. The van der Waals surface area contributed by atoms with Crippen molar-refractivity contribution >= 4 is 10.9 Å². The van der Waals surface area contributed by atoms with Crippen LogP contribution in [0.15, 0.2) is 47.5 Å². The molecule has 4 rings (SSSR count). The first-order chi connectivity index (χ1) is 11.3. The lowest BCUT2D eigenvalue weighted by molar-refractivity contribution is 0.535. The van der Waals surface area contributed by atoms with E-state index in [1.807, 2.05) is 30.3 Å². The normalized spacial score (nSPS) is 15.1. The fraction of sp³-hybridized carbons (Fsp3) is 0.263. The summed E-state index contributed by atoms with van der Waals surface area (Å²) in [5, 5.41) is 10.1. The van der Waals surface area contributed by atoms with E-state index in [0.29, 0.717) is 17.0 Å². The van der Waals surface area contributed by atoms with Crippen molar-refractivity contribution in [3.63, 3.8) is 0 Å². The van der Waals surface area contributed by atoms with Crippen molar-refractivity contribution in [2.75, 3.05) is 0 Å². The number of nitrogens with zero attached hydrogens (tertiary/aromatic N) is 2. The molecule has 1 aliphatic carbocycles. The molecule has 4 nitrogen and oxygen atoms in total. The monoisotopic (exact) mass is 303 g/mol. The van der Waals surface area contributed by atoms with Crippen LogP contribution in [0.4, 0.5) is 0 Å². The quantitative estimate of drug-likeness (QED) is 0.778. The number of nitrogens with one attached hydrogen (secondary N) is 1. The molecule has 0 bridgehead atoms. The fourth-order valence-corrected chi connectivity index (χ4v) is 3.70. The van der Waals surface area contributed by atoms with Gasteiger partial charge in [0.15, 0.2) is 0 Å². The van der Waals surface area contributed by atoms with E-state index in [4.69, 9.17) is 0 Å². The van der Waals surface area contributed by atoms with Crippen LogP contribution < -0.4 is 5.56 Å². The number of H-pyrrole nitrogens is 1. The van der Waals surface area contributed by atoms with E-state index in [1.165, 1.54) is 19.0 Å². The van der Waals surface area contributed by atoms with Crippen LogP contribution >= 0.6 is 0 Å². The van der Waals surface area contributed by atoms with Gasteiger partial charge in [0.1, 0.15) is 6.07 Å². The summed E-state index contributed by atoms with van der Waals surface area (Å²) < 4.78 is 2.17. The smallest absolute Gasteiger partial charge is 0.258 e. The van der Waals surface area contributed by atoms with Crippen LogP contribution in [-0.4, -0.2) is 9.55 Å². The van der Waals surface area contributed by atoms with Gasteiger partial charge in [-0.3, -0.25) is 4.79 Å². The number of pyridine rings is 1. The molecule has 114 valence electrons. The molecule has 1 saturated carbocycles. The van der Waals surface area contributed by atoms with Crippen LogP contribution in [0.5, 0.6) is 0 Å². The molecule has 1 fully saturated rings. The predicted octanol–water partition coefficient (Wildman–Crippen LogP) is 3.98. The molecule has 0 saturated heterocycles. The van der Waals surface area contributed by atoms with Gasteiger partial charge in [-0.05, 0) is 18.4 Å². The van der Waals surface area contributed by atoms with Gasteiger partial charge >= 0.3 is 0 Å². The lowest BCUT2D eigenvalue weighted by Crippen LogP contribution is -2.09. The van der Waals surface area contributed by atoms with E-state index in [2.05, 4.69) is 21.8 Å². The van der Waals surface area contributed by atoms with Crippen molar-refractivity contribution < 1.29 is 0 Å². The van der Waals surface area contributed by atoms with E-state index in [1.54, 1.807) is 0 Å². The number of fused-ring (bicyclic) bond motifs is 1. The fourth-order valence-electron chi connectivity index (χ4n) is 3.70. The Kier molecular flexibility index (Phi) is 3.27. The molecule has 1 aromatic carbocycles. The first-order valence-electron chi connectivity index (χ1n) is 8.01. The van der Waals surface area contributed by atoms with Gasteiger partial charge in [-0.2, -0.15) is 5.26 Å². The first kappa shape index (κ1) is 13.8. The summed E-state index contributed by atoms with van der Waals surface area (Å²) in [6.07, 6.45) is 8.22. The number of aromatic amines is 1. The molecular formula is C19H17N3O. The second kappa shape index (κ2) is 5.44. The SMILES string of the molecule is N#Cc1c[nH]c(=O)c2c(-c3ccccc3)cn(C3CCCC3)c12. The Morgan fingerprint density at radius 3 is 2.61 bits per heavy atom. The second-order valence-corrected chi connectivity index (χ2v) is 6.12. The summed E-state index contributed by atoms with van der Waals surface area (Å²) in [7, 11) is 0. The van der Waals surface area contributed by atoms with E-state index in [0.717, 1.165) is 29.5 Å². The van der Waals surface area contributed by atoms with Gasteiger partial charge in [0, 0.05) is 24.0 Å². The van der Waals surface area contributed by atoms with Crippen molar-refractivity contribution in [2.45, 2.75) is 31.7 Å². The summed E-state index contributed by atoms with van der Waals surface area (Å²) in [5.41, 5.74) is 3.10. The Morgan fingerprint density at radius 1 is 1.17 bits per heavy atom. The van der Waals surface area contributed by atoms with Crippen LogP contribution in [0, 0.1) is 11.3 Å². The Morgan fingerprint density at radius 2 is 1.91 bits per heavy atom. The van der Waals surface area contributed by atoms with Gasteiger partial charge in [-0.1, -0.05) is 43.2 Å². The van der Waals surface area contributed by atoms with Crippen molar-refractivity contribution in [3.8, 4) is 17.2 Å². The number of hydrogen-bond acceptors (Lipinski definition) is 2. The maximum Gasteiger partial charge on any atom is 0.258 e. The van der Waals surface area contributed by atoms with Crippen molar-refractivity contribution in [3.05, 3.63) is 58.6 Å². The van der Waals surface area contributed by atoms with E-state index in [-0.39, 0.29) is 5.56 Å². The zero-order chi connectivity index (χ0) is 15.8. The molecule has 2 aromatic heterocycles. The summed E-state index contributed by atoms with van der Waals surface area (Å²) in [6, 6.07) is 12.5. The van der Waals surface area contributed by atoms with Crippen molar-refractivity contribution in [2.24, 2.45) is 0 Å². The van der Waals surface area contributed by atoms with Crippen LogP contribution in [0.1, 0.15) is 37.3 Å². The summed E-state index contributed by atoms with van der Waals surface area (Å²) >= 11 is 0. The minimum atomic E-state index is -0.130. The Bertz CT molecular complexity index is 954. The molecule has 0 unspecified atom stereocenters. The number of nitriles is 1. The van der Waals surface area contributed by atoms with Crippen molar-refractivity contribution in [1.82, 2.24) is 9.55 Å². The van der Waals surface area contributed by atoms with E-state index in [9.17, 15) is 10.1 Å². The highest BCUT2D eigenvalue weighted by Gasteiger charge is 2.23. The van der Waals surface area contributed by atoms with Crippen molar-refractivity contribution in [1.29, 1.82) is 5.26 Å². The van der Waals surface area contributed by atoms with E-state index >= 15 is 0 Å². The maximum absolute atomic E-state index is 12.5. The molecule has 3 aromatic rings. The number of hydrogen-bond donors (Lipinski definition) is 1. The van der Waals surface area contributed by atoms with Crippen LogP contribution in [0.2, 0.25) is 0 Å². The molecule has 0 amide bonds. The summed E-state index contributed by atoms with van der Waals surface area (Å²) in [5.74, 6) is 0. The average molecular weight is 303 g/mol. The lowest BCUT2D eigenvalue weighted by Gasteiger charge is -2.13. The minimum absolute atomic E-state index is 0.130. The molecule has 0 radical (unpaired) electrons. The molecule has 0 spiro atoms. The highest BCUT2D eigenvalue weighted by molar-refractivity contribution is 5.98. The molecule has 0 atom stereocenters. The minimum Gasteiger partial charge on any atom is -0.342 e. The summed E-state index contributed by atoms with van der Waals surface area (Å²) in [4.78, 5) is 15.2. The zero-order valence-electron chi connectivity index (χ0n) is 12.7. The lowest BCUT2D eigenvalue weighted by atomic mass is 10.1. The van der Waals surface area contributed by atoms with E-state index < -0.39 is 0 Å². The largest absolute Gasteiger partial charge is 0.342 e. The Hall–Kier alpha value is -2.80. The molecule has 1 N–H and O–H groups in total. The number of aromatic nitrogens is 2. The highest BCUT2D eigenvalue weighted by atomic mass is 16.1. The van der Waals surface area contributed by atoms with Gasteiger partial charge in [-0.15, -0.1) is 0 Å². The highest BCUT2D eigenvalue weighted by Crippen LogP contribution is 2.37. The van der Waals surface area contributed by atoms with Gasteiger partial charge < -0.3 is 9.55 Å². The zero-order valence-corrected chi connectivity index (χ0v) is 12.7. The molecular weight excluding hydrogens is 286 g/mol. The average Bonchev–Trinajstić information content (AvgIpc) is 3.24. The van der Waals surface area contributed by atoms with Crippen LogP contribution in [0.25, 0.3) is 22.0 Å². The van der Waals surface area contributed by atoms with Gasteiger partial charge in [-0.25, -0.2) is 0 Å². The molecule has 4 heteroatoms. The topological polar surface area (TPSA) is 61.6 Å². The Balaban J connectivity index is 2.08. The van der Waals surface area contributed by atoms with Crippen LogP contribution in [-0.2, 0) is 0 Å². The third-order valence-corrected chi connectivity index (χ3v) is 4.79.